The Kier molecular flexibility index (Phi) is 7.75. The minimum Gasteiger partial charge on any atom is -0.478 e. The normalized spacial score (nSPS) is 15.2. The van der Waals surface area contributed by atoms with Crippen molar-refractivity contribution < 1.29 is 32.3 Å². The SMILES string of the molecule is C[C@H](NC(=O)c1cc(N2CCC(F)CC2)cc2ccn(Cc3ccc(C(F)(F)F)cc3)c12)c1ccc(C(=O)O)cc1. The largest absolute Gasteiger partial charge is 0.478 e. The van der Waals surface area contributed by atoms with E-state index in [2.05, 4.69) is 5.32 Å². The molecule has 1 saturated heterocycles. The molecule has 1 fully saturated rings. The lowest BCUT2D eigenvalue weighted by molar-refractivity contribution is -0.137. The molecular weight excluding hydrogens is 538 g/mol. The van der Waals surface area contributed by atoms with Gasteiger partial charge in [0.15, 0.2) is 0 Å². The van der Waals surface area contributed by atoms with Crippen LogP contribution in [-0.2, 0) is 12.7 Å². The molecule has 1 atom stereocenters. The monoisotopic (exact) mass is 567 g/mol. The highest BCUT2D eigenvalue weighted by Gasteiger charge is 2.30. The number of fused-ring (bicyclic) bond motifs is 1. The van der Waals surface area contributed by atoms with Crippen LogP contribution in [0.4, 0.5) is 23.2 Å². The summed E-state index contributed by atoms with van der Waals surface area (Å²) in [6.45, 7) is 3.08. The van der Waals surface area contributed by atoms with E-state index < -0.39 is 29.9 Å². The number of carbonyl (C=O) groups is 2. The third-order valence-corrected chi connectivity index (χ3v) is 7.52. The van der Waals surface area contributed by atoms with Crippen LogP contribution in [-0.4, -0.2) is 40.8 Å². The fourth-order valence-corrected chi connectivity index (χ4v) is 5.20. The van der Waals surface area contributed by atoms with Gasteiger partial charge < -0.3 is 19.9 Å². The summed E-state index contributed by atoms with van der Waals surface area (Å²) >= 11 is 0. The molecule has 1 amide bonds. The molecule has 0 saturated carbocycles. The fourth-order valence-electron chi connectivity index (χ4n) is 5.20. The third-order valence-electron chi connectivity index (χ3n) is 7.52. The molecule has 2 N–H and O–H groups in total. The second kappa shape index (κ2) is 11.3. The van der Waals surface area contributed by atoms with Crippen molar-refractivity contribution in [3.63, 3.8) is 0 Å². The molecule has 0 radical (unpaired) electrons. The van der Waals surface area contributed by atoms with E-state index >= 15 is 0 Å². The van der Waals surface area contributed by atoms with Gasteiger partial charge in [-0.1, -0.05) is 24.3 Å². The first-order chi connectivity index (χ1) is 19.5. The Labute approximate surface area is 234 Å². The average Bonchev–Trinajstić information content (AvgIpc) is 3.35. The number of aromatic carboxylic acids is 1. The molecule has 41 heavy (non-hydrogen) atoms. The van der Waals surface area contributed by atoms with E-state index in [0.29, 0.717) is 42.6 Å². The van der Waals surface area contributed by atoms with Gasteiger partial charge in [-0.3, -0.25) is 4.79 Å². The van der Waals surface area contributed by atoms with Crippen LogP contribution in [0.25, 0.3) is 10.9 Å². The predicted molar refractivity (Wildman–Crippen MR) is 148 cm³/mol. The molecule has 0 spiro atoms. The van der Waals surface area contributed by atoms with Crippen LogP contribution in [0.15, 0.2) is 72.9 Å². The van der Waals surface area contributed by atoms with Crippen molar-refractivity contribution in [1.82, 2.24) is 9.88 Å². The van der Waals surface area contributed by atoms with E-state index in [1.807, 2.05) is 21.6 Å². The van der Waals surface area contributed by atoms with Crippen LogP contribution in [0.5, 0.6) is 0 Å². The number of benzene rings is 3. The molecule has 4 aromatic rings. The average molecular weight is 568 g/mol. The summed E-state index contributed by atoms with van der Waals surface area (Å²) in [4.78, 5) is 27.0. The van der Waals surface area contributed by atoms with Gasteiger partial charge in [0.2, 0.25) is 0 Å². The number of alkyl halides is 4. The van der Waals surface area contributed by atoms with Crippen LogP contribution in [0.3, 0.4) is 0 Å². The lowest BCUT2D eigenvalue weighted by atomic mass is 10.0. The number of nitrogens with one attached hydrogen (secondary N) is 1. The summed E-state index contributed by atoms with van der Waals surface area (Å²) < 4.78 is 54.8. The van der Waals surface area contributed by atoms with Gasteiger partial charge in [0.05, 0.1) is 28.2 Å². The molecule has 214 valence electrons. The molecule has 0 aliphatic carbocycles. The Hall–Kier alpha value is -4.34. The third kappa shape index (κ3) is 6.21. The van der Waals surface area contributed by atoms with E-state index in [-0.39, 0.29) is 18.0 Å². The minimum absolute atomic E-state index is 0.139. The Morgan fingerprint density at radius 3 is 2.27 bits per heavy atom. The fraction of sp³-hybridized carbons (Fsp3) is 0.290. The van der Waals surface area contributed by atoms with Gasteiger partial charge in [-0.05, 0) is 73.4 Å². The number of carboxylic acids is 1. The Balaban J connectivity index is 1.48. The number of hydrogen-bond acceptors (Lipinski definition) is 3. The number of carboxylic acid groups (broad SMARTS) is 1. The summed E-state index contributed by atoms with van der Waals surface area (Å²) in [6.07, 6.45) is -2.68. The topological polar surface area (TPSA) is 74.6 Å². The molecule has 5 rings (SSSR count). The van der Waals surface area contributed by atoms with Crippen molar-refractivity contribution >= 4 is 28.5 Å². The molecule has 10 heteroatoms. The van der Waals surface area contributed by atoms with E-state index in [1.54, 1.807) is 31.3 Å². The van der Waals surface area contributed by atoms with E-state index in [4.69, 9.17) is 0 Å². The molecule has 1 aromatic heterocycles. The molecular formula is C31H29F4N3O3. The second-order valence-electron chi connectivity index (χ2n) is 10.4. The maximum atomic E-state index is 13.8. The molecule has 0 unspecified atom stereocenters. The highest BCUT2D eigenvalue weighted by atomic mass is 19.4. The maximum Gasteiger partial charge on any atom is 0.416 e. The van der Waals surface area contributed by atoms with Gasteiger partial charge in [-0.2, -0.15) is 13.2 Å². The summed E-state index contributed by atoms with van der Waals surface area (Å²) in [5, 5.41) is 12.9. The first kappa shape index (κ1) is 28.2. The molecule has 1 aliphatic heterocycles. The van der Waals surface area contributed by atoms with E-state index in [0.717, 1.165) is 28.8 Å². The predicted octanol–water partition coefficient (Wildman–Crippen LogP) is 6.84. The summed E-state index contributed by atoms with van der Waals surface area (Å²) in [5.74, 6) is -1.41. The lowest BCUT2D eigenvalue weighted by Gasteiger charge is -2.31. The van der Waals surface area contributed by atoms with E-state index in [9.17, 15) is 32.3 Å². The standard InChI is InChI=1S/C31H29F4N3O3/c1-19(21-4-6-22(7-5-21)30(40)41)36-29(39)27-17-26(37-14-11-25(32)12-15-37)16-23-10-13-38(28(23)27)18-20-2-8-24(9-3-20)31(33,34)35/h2-10,13,16-17,19,25H,11-12,14-15,18H2,1H3,(H,36,39)(H,40,41)/t19-/m0/s1. The number of hydrogen-bond donors (Lipinski definition) is 2. The summed E-state index contributed by atoms with van der Waals surface area (Å²) in [7, 11) is 0. The molecule has 0 bridgehead atoms. The van der Waals surface area contributed by atoms with Crippen molar-refractivity contribution in [2.24, 2.45) is 0 Å². The van der Waals surface area contributed by atoms with Gasteiger partial charge in [0.1, 0.15) is 6.17 Å². The molecule has 2 heterocycles. The second-order valence-corrected chi connectivity index (χ2v) is 10.4. The maximum absolute atomic E-state index is 13.8. The van der Waals surface area contributed by atoms with E-state index in [1.165, 1.54) is 24.3 Å². The van der Waals surface area contributed by atoms with Gasteiger partial charge in [-0.15, -0.1) is 0 Å². The van der Waals surface area contributed by atoms with Crippen molar-refractivity contribution in [3.8, 4) is 0 Å². The van der Waals surface area contributed by atoms with Gasteiger partial charge in [0.25, 0.3) is 5.91 Å². The van der Waals surface area contributed by atoms with Crippen molar-refractivity contribution in [3.05, 3.63) is 101 Å². The zero-order valence-corrected chi connectivity index (χ0v) is 22.3. The number of aromatic nitrogens is 1. The number of carbonyl (C=O) groups excluding carboxylic acids is 1. The number of nitrogens with zero attached hydrogens (tertiary/aromatic N) is 2. The Morgan fingerprint density at radius 2 is 1.66 bits per heavy atom. The highest BCUT2D eigenvalue weighted by molar-refractivity contribution is 6.07. The van der Waals surface area contributed by atoms with Gasteiger partial charge in [-0.25, -0.2) is 9.18 Å². The number of halogens is 4. The molecule has 3 aromatic carbocycles. The van der Waals surface area contributed by atoms with Crippen LogP contribution in [0, 0.1) is 0 Å². The zero-order chi connectivity index (χ0) is 29.3. The summed E-state index contributed by atoms with van der Waals surface area (Å²) in [6, 6.07) is 16.3. The summed E-state index contributed by atoms with van der Waals surface area (Å²) in [5.41, 5.74) is 2.57. The number of rotatable bonds is 7. The van der Waals surface area contributed by atoms with Crippen molar-refractivity contribution in [1.29, 1.82) is 0 Å². The minimum atomic E-state index is -4.43. The molecule has 1 aliphatic rings. The Morgan fingerprint density at radius 1 is 1.00 bits per heavy atom. The van der Waals surface area contributed by atoms with Crippen molar-refractivity contribution in [2.75, 3.05) is 18.0 Å². The van der Waals surface area contributed by atoms with Crippen molar-refractivity contribution in [2.45, 2.75) is 44.7 Å². The molecule has 6 nitrogen and oxygen atoms in total. The van der Waals surface area contributed by atoms with Crippen LogP contribution in [0.1, 0.15) is 63.2 Å². The number of piperidine rings is 1. The van der Waals surface area contributed by atoms with Gasteiger partial charge in [0, 0.05) is 36.9 Å². The lowest BCUT2D eigenvalue weighted by Crippen LogP contribution is -2.34. The number of amides is 1. The highest BCUT2D eigenvalue weighted by Crippen LogP contribution is 2.32. The zero-order valence-electron chi connectivity index (χ0n) is 22.3. The van der Waals surface area contributed by atoms with Crippen LogP contribution >= 0.6 is 0 Å². The van der Waals surface area contributed by atoms with Gasteiger partial charge >= 0.3 is 12.1 Å². The smallest absolute Gasteiger partial charge is 0.416 e. The Bertz CT molecular complexity index is 1550. The van der Waals surface area contributed by atoms with Crippen LogP contribution in [0.2, 0.25) is 0 Å². The number of anilines is 1. The van der Waals surface area contributed by atoms with Crippen LogP contribution < -0.4 is 10.2 Å². The quantitative estimate of drug-likeness (QED) is 0.240. The first-order valence-corrected chi connectivity index (χ1v) is 13.3. The first-order valence-electron chi connectivity index (χ1n) is 13.3.